The van der Waals surface area contributed by atoms with E-state index >= 15 is 0 Å². The number of para-hydroxylation sites is 1. The van der Waals surface area contributed by atoms with Gasteiger partial charge in [-0.3, -0.25) is 0 Å². The Labute approximate surface area is 184 Å². The van der Waals surface area contributed by atoms with E-state index in [-0.39, 0.29) is 6.03 Å². The number of nitrogens with one attached hydrogen (secondary N) is 2. The standard InChI is InChI=1S/C26H29N3O2/c1-29(2)18-19-8-9-21-17-23(11-10-20(21)16-19)28-26(30)27-22-12-14-25(15-13-22)31-24-6-4-3-5-7-24/h3-7,10-15,17,19H,8-9,16,18H2,1-2H3,(H2,27,28,30). The molecule has 160 valence electrons. The summed E-state index contributed by atoms with van der Waals surface area (Å²) < 4.78 is 5.78. The van der Waals surface area contributed by atoms with Crippen LogP contribution in [0.4, 0.5) is 16.2 Å². The van der Waals surface area contributed by atoms with Gasteiger partial charge in [0.1, 0.15) is 11.5 Å². The van der Waals surface area contributed by atoms with Crippen LogP contribution in [0, 0.1) is 5.92 Å². The van der Waals surface area contributed by atoms with Crippen LogP contribution in [-0.4, -0.2) is 31.6 Å². The van der Waals surface area contributed by atoms with E-state index in [1.807, 2.05) is 60.7 Å². The molecule has 31 heavy (non-hydrogen) atoms. The molecule has 5 heteroatoms. The van der Waals surface area contributed by atoms with Crippen molar-refractivity contribution in [2.75, 3.05) is 31.3 Å². The van der Waals surface area contributed by atoms with Crippen LogP contribution in [0.3, 0.4) is 0 Å². The predicted octanol–water partition coefficient (Wildman–Crippen LogP) is 5.79. The van der Waals surface area contributed by atoms with E-state index in [4.69, 9.17) is 4.74 Å². The second kappa shape index (κ2) is 9.67. The molecule has 1 aliphatic carbocycles. The second-order valence-electron chi connectivity index (χ2n) is 8.37. The normalized spacial score (nSPS) is 15.3. The van der Waals surface area contributed by atoms with Crippen molar-refractivity contribution in [3.63, 3.8) is 0 Å². The lowest BCUT2D eigenvalue weighted by Crippen LogP contribution is -2.26. The molecular weight excluding hydrogens is 386 g/mol. The van der Waals surface area contributed by atoms with Crippen LogP contribution in [0.15, 0.2) is 72.8 Å². The molecule has 1 unspecified atom stereocenters. The summed E-state index contributed by atoms with van der Waals surface area (Å²) in [5.41, 5.74) is 4.28. The molecule has 0 spiro atoms. The molecule has 2 amide bonds. The molecule has 1 atom stereocenters. The number of carbonyl (C=O) groups is 1. The van der Waals surface area contributed by atoms with Gasteiger partial charge in [-0.2, -0.15) is 0 Å². The fraction of sp³-hybridized carbons (Fsp3) is 0.269. The van der Waals surface area contributed by atoms with E-state index in [0.717, 1.165) is 36.6 Å². The number of fused-ring (bicyclic) bond motifs is 1. The number of nitrogens with zero attached hydrogens (tertiary/aromatic N) is 1. The zero-order valence-electron chi connectivity index (χ0n) is 18.1. The van der Waals surface area contributed by atoms with Crippen LogP contribution in [-0.2, 0) is 12.8 Å². The van der Waals surface area contributed by atoms with Gasteiger partial charge in [0.05, 0.1) is 0 Å². The highest BCUT2D eigenvalue weighted by atomic mass is 16.5. The van der Waals surface area contributed by atoms with Gasteiger partial charge in [-0.05, 0) is 98.9 Å². The number of aryl methyl sites for hydroxylation is 1. The Kier molecular flexibility index (Phi) is 6.53. The number of urea groups is 1. The second-order valence-corrected chi connectivity index (χ2v) is 8.37. The van der Waals surface area contributed by atoms with Gasteiger partial charge >= 0.3 is 6.03 Å². The summed E-state index contributed by atoms with van der Waals surface area (Å²) in [7, 11) is 4.26. The third kappa shape index (κ3) is 5.86. The first-order valence-electron chi connectivity index (χ1n) is 10.7. The van der Waals surface area contributed by atoms with Crippen molar-refractivity contribution in [1.82, 2.24) is 4.90 Å². The third-order valence-corrected chi connectivity index (χ3v) is 5.51. The van der Waals surface area contributed by atoms with Crippen molar-refractivity contribution in [3.05, 3.63) is 83.9 Å². The van der Waals surface area contributed by atoms with Gasteiger partial charge in [-0.15, -0.1) is 0 Å². The molecule has 0 saturated carbocycles. The smallest absolute Gasteiger partial charge is 0.323 e. The minimum atomic E-state index is -0.252. The minimum absolute atomic E-state index is 0.252. The summed E-state index contributed by atoms with van der Waals surface area (Å²) in [6.07, 6.45) is 3.36. The summed E-state index contributed by atoms with van der Waals surface area (Å²) in [5.74, 6) is 2.21. The Morgan fingerprint density at radius 1 is 0.903 bits per heavy atom. The maximum Gasteiger partial charge on any atom is 0.323 e. The molecule has 0 saturated heterocycles. The first-order valence-corrected chi connectivity index (χ1v) is 10.7. The van der Waals surface area contributed by atoms with E-state index in [1.54, 1.807) is 0 Å². The number of hydrogen-bond acceptors (Lipinski definition) is 3. The summed E-state index contributed by atoms with van der Waals surface area (Å²) in [5, 5.41) is 5.83. The summed E-state index contributed by atoms with van der Waals surface area (Å²) in [4.78, 5) is 14.7. The molecule has 0 fully saturated rings. The molecule has 3 aromatic rings. The first kappa shape index (κ1) is 20.9. The number of anilines is 2. The SMILES string of the molecule is CN(C)CC1CCc2cc(NC(=O)Nc3ccc(Oc4ccccc4)cc3)ccc2C1. The average Bonchev–Trinajstić information content (AvgIpc) is 2.75. The molecule has 0 aliphatic heterocycles. The van der Waals surface area contributed by atoms with E-state index < -0.39 is 0 Å². The zero-order chi connectivity index (χ0) is 21.6. The molecule has 0 aromatic heterocycles. The van der Waals surface area contributed by atoms with Crippen molar-refractivity contribution in [2.24, 2.45) is 5.92 Å². The first-order chi connectivity index (χ1) is 15.0. The zero-order valence-corrected chi connectivity index (χ0v) is 18.1. The van der Waals surface area contributed by atoms with Crippen LogP contribution in [0.5, 0.6) is 11.5 Å². The van der Waals surface area contributed by atoms with Crippen molar-refractivity contribution in [1.29, 1.82) is 0 Å². The van der Waals surface area contributed by atoms with Gasteiger partial charge < -0.3 is 20.3 Å². The maximum absolute atomic E-state index is 12.4. The monoisotopic (exact) mass is 415 g/mol. The number of ether oxygens (including phenoxy) is 1. The number of carbonyl (C=O) groups excluding carboxylic acids is 1. The van der Waals surface area contributed by atoms with Gasteiger partial charge in [-0.1, -0.05) is 24.3 Å². The molecule has 2 N–H and O–H groups in total. The van der Waals surface area contributed by atoms with Crippen molar-refractivity contribution in [2.45, 2.75) is 19.3 Å². The van der Waals surface area contributed by atoms with Crippen LogP contribution in [0.25, 0.3) is 0 Å². The number of benzene rings is 3. The van der Waals surface area contributed by atoms with Crippen LogP contribution < -0.4 is 15.4 Å². The van der Waals surface area contributed by atoms with Crippen LogP contribution in [0.1, 0.15) is 17.5 Å². The average molecular weight is 416 g/mol. The third-order valence-electron chi connectivity index (χ3n) is 5.51. The van der Waals surface area contributed by atoms with Gasteiger partial charge in [-0.25, -0.2) is 4.79 Å². The van der Waals surface area contributed by atoms with Gasteiger partial charge in [0.25, 0.3) is 0 Å². The number of amides is 2. The van der Waals surface area contributed by atoms with E-state index in [1.165, 1.54) is 17.5 Å². The lowest BCUT2D eigenvalue weighted by molar-refractivity contribution is 0.262. The number of rotatable bonds is 6. The Hall–Kier alpha value is -3.31. The molecule has 5 nitrogen and oxygen atoms in total. The highest BCUT2D eigenvalue weighted by Gasteiger charge is 2.19. The van der Waals surface area contributed by atoms with Gasteiger partial charge in [0.15, 0.2) is 0 Å². The molecular formula is C26H29N3O2. The topological polar surface area (TPSA) is 53.6 Å². The lowest BCUT2D eigenvalue weighted by Gasteiger charge is -2.27. The minimum Gasteiger partial charge on any atom is -0.457 e. The maximum atomic E-state index is 12.4. The molecule has 4 rings (SSSR count). The molecule has 0 bridgehead atoms. The Bertz CT molecular complexity index is 1020. The van der Waals surface area contributed by atoms with Crippen molar-refractivity contribution >= 4 is 17.4 Å². The molecule has 1 aliphatic rings. The molecule has 0 radical (unpaired) electrons. The number of hydrogen-bond donors (Lipinski definition) is 2. The van der Waals surface area contributed by atoms with Gasteiger partial charge in [0, 0.05) is 17.9 Å². The summed E-state index contributed by atoms with van der Waals surface area (Å²) in [6.45, 7) is 1.12. The van der Waals surface area contributed by atoms with E-state index in [9.17, 15) is 4.79 Å². The summed E-state index contributed by atoms with van der Waals surface area (Å²) >= 11 is 0. The van der Waals surface area contributed by atoms with Crippen LogP contribution >= 0.6 is 0 Å². The summed E-state index contributed by atoms with van der Waals surface area (Å²) in [6, 6.07) is 23.0. The molecule has 0 heterocycles. The fourth-order valence-corrected chi connectivity index (χ4v) is 4.10. The largest absolute Gasteiger partial charge is 0.457 e. The Morgan fingerprint density at radius 3 is 2.32 bits per heavy atom. The van der Waals surface area contributed by atoms with Crippen molar-refractivity contribution in [3.8, 4) is 11.5 Å². The fourth-order valence-electron chi connectivity index (χ4n) is 4.10. The lowest BCUT2D eigenvalue weighted by atomic mass is 9.83. The van der Waals surface area contributed by atoms with Gasteiger partial charge in [0.2, 0.25) is 0 Å². The van der Waals surface area contributed by atoms with E-state index in [0.29, 0.717) is 11.6 Å². The highest BCUT2D eigenvalue weighted by Crippen LogP contribution is 2.28. The van der Waals surface area contributed by atoms with Crippen molar-refractivity contribution < 1.29 is 9.53 Å². The Morgan fingerprint density at radius 2 is 1.58 bits per heavy atom. The molecule has 3 aromatic carbocycles. The van der Waals surface area contributed by atoms with Crippen LogP contribution in [0.2, 0.25) is 0 Å². The predicted molar refractivity (Wildman–Crippen MR) is 126 cm³/mol. The van der Waals surface area contributed by atoms with E-state index in [2.05, 4.69) is 41.8 Å². The Balaban J connectivity index is 1.32. The quantitative estimate of drug-likeness (QED) is 0.536. The highest BCUT2D eigenvalue weighted by molar-refractivity contribution is 5.99.